The molecule has 1 aromatic carbocycles. The Morgan fingerprint density at radius 3 is 2.50 bits per heavy atom. The zero-order valence-electron chi connectivity index (χ0n) is 6.65. The van der Waals surface area contributed by atoms with Crippen LogP contribution >= 0.6 is 11.6 Å². The first-order valence-electron chi connectivity index (χ1n) is 3.45. The third kappa shape index (κ3) is 2.38. The van der Waals surface area contributed by atoms with Crippen LogP contribution in [0.15, 0.2) is 18.2 Å². The van der Waals surface area contributed by atoms with Crippen molar-refractivity contribution >= 4 is 23.7 Å². The highest BCUT2D eigenvalue weighted by molar-refractivity contribution is 6.30. The average molecular weight is 223 g/mol. The molecule has 75 valence electrons. The van der Waals surface area contributed by atoms with Gasteiger partial charge in [-0.15, -0.1) is 0 Å². The number of alkyl halides is 3. The number of nitrogens with one attached hydrogen (secondary N) is 1. The lowest BCUT2D eigenvalue weighted by atomic mass is 10.1. The monoisotopic (exact) mass is 222 g/mol. The number of amides is 1. The maximum atomic E-state index is 12.3. The summed E-state index contributed by atoms with van der Waals surface area (Å²) in [5.74, 6) is 0. The highest BCUT2D eigenvalue weighted by Crippen LogP contribution is 2.36. The third-order valence-corrected chi connectivity index (χ3v) is 1.71. The fourth-order valence-corrected chi connectivity index (χ4v) is 1.09. The van der Waals surface area contributed by atoms with E-state index in [1.807, 2.05) is 5.32 Å². The predicted molar refractivity (Wildman–Crippen MR) is 45.8 cm³/mol. The molecular formula is C8H4ClF3NO. The quantitative estimate of drug-likeness (QED) is 0.766. The van der Waals surface area contributed by atoms with E-state index in [4.69, 9.17) is 11.6 Å². The maximum absolute atomic E-state index is 12.3. The molecule has 0 aliphatic rings. The minimum atomic E-state index is -4.55. The molecule has 0 atom stereocenters. The lowest BCUT2D eigenvalue weighted by molar-refractivity contribution is -0.136. The topological polar surface area (TPSA) is 29.1 Å². The van der Waals surface area contributed by atoms with Crippen molar-refractivity contribution in [2.75, 3.05) is 5.32 Å². The van der Waals surface area contributed by atoms with Crippen molar-refractivity contribution in [3.8, 4) is 0 Å². The molecule has 2 nitrogen and oxygen atoms in total. The van der Waals surface area contributed by atoms with Crippen LogP contribution in [0.2, 0.25) is 5.02 Å². The molecule has 0 saturated heterocycles. The molecule has 0 aliphatic carbocycles. The van der Waals surface area contributed by atoms with Crippen molar-refractivity contribution in [2.45, 2.75) is 6.18 Å². The Balaban J connectivity index is 3.22. The Bertz CT molecular complexity index is 351. The molecule has 14 heavy (non-hydrogen) atoms. The number of carbonyl (C=O) groups excluding carboxylic acids is 1. The fourth-order valence-electron chi connectivity index (χ4n) is 0.915. The summed E-state index contributed by atoms with van der Waals surface area (Å²) in [5, 5.41) is 1.78. The molecule has 1 amide bonds. The Labute approximate surface area is 82.7 Å². The van der Waals surface area contributed by atoms with E-state index in [9.17, 15) is 18.0 Å². The Kier molecular flexibility index (Phi) is 3.00. The number of halogens is 4. The molecule has 6 heteroatoms. The van der Waals surface area contributed by atoms with Crippen molar-refractivity contribution in [3.63, 3.8) is 0 Å². The van der Waals surface area contributed by atoms with Gasteiger partial charge in [0.2, 0.25) is 0 Å². The number of hydrogen-bond acceptors (Lipinski definition) is 1. The predicted octanol–water partition coefficient (Wildman–Crippen LogP) is 2.84. The van der Waals surface area contributed by atoms with Crippen LogP contribution in [0.4, 0.5) is 18.9 Å². The minimum Gasteiger partial charge on any atom is -0.317 e. The molecule has 0 aliphatic heterocycles. The molecule has 1 radical (unpaired) electrons. The summed E-state index contributed by atoms with van der Waals surface area (Å²) in [6.45, 7) is 0. The highest BCUT2D eigenvalue weighted by atomic mass is 35.5. The van der Waals surface area contributed by atoms with E-state index >= 15 is 0 Å². The second-order valence-corrected chi connectivity index (χ2v) is 2.85. The Morgan fingerprint density at radius 1 is 1.36 bits per heavy atom. The van der Waals surface area contributed by atoms with Gasteiger partial charge in [-0.1, -0.05) is 11.6 Å². The molecule has 0 bridgehead atoms. The van der Waals surface area contributed by atoms with E-state index in [0.717, 1.165) is 12.1 Å². The van der Waals surface area contributed by atoms with E-state index in [2.05, 4.69) is 0 Å². The van der Waals surface area contributed by atoms with E-state index < -0.39 is 11.7 Å². The van der Waals surface area contributed by atoms with Crippen molar-refractivity contribution in [2.24, 2.45) is 0 Å². The third-order valence-electron chi connectivity index (χ3n) is 1.47. The van der Waals surface area contributed by atoms with Crippen LogP contribution in [0, 0.1) is 0 Å². The van der Waals surface area contributed by atoms with Crippen molar-refractivity contribution in [1.29, 1.82) is 0 Å². The van der Waals surface area contributed by atoms with Crippen LogP contribution in [0.25, 0.3) is 0 Å². The molecule has 0 fully saturated rings. The lowest BCUT2D eigenvalue weighted by Gasteiger charge is -2.11. The summed E-state index contributed by atoms with van der Waals surface area (Å²) in [6.07, 6.45) is -3.38. The standard InChI is InChI=1S/C8H4ClF3NO/c9-5-1-2-7(13-4-14)6(3-5)8(10,11)12/h1-3H,(H,13,14). The second-order valence-electron chi connectivity index (χ2n) is 2.41. The van der Waals surface area contributed by atoms with Gasteiger partial charge in [0.1, 0.15) is 0 Å². The summed E-state index contributed by atoms with van der Waals surface area (Å²) in [4.78, 5) is 9.90. The molecule has 0 aromatic heterocycles. The van der Waals surface area contributed by atoms with Crippen molar-refractivity contribution in [1.82, 2.24) is 0 Å². The van der Waals surface area contributed by atoms with Crippen molar-refractivity contribution < 1.29 is 18.0 Å². The molecular weight excluding hydrogens is 219 g/mol. The SMILES string of the molecule is O=[C]Nc1ccc(Cl)cc1C(F)(F)F. The van der Waals surface area contributed by atoms with E-state index in [0.29, 0.717) is 0 Å². The van der Waals surface area contributed by atoms with E-state index in [1.54, 1.807) is 0 Å². The molecule has 1 rings (SSSR count). The first-order valence-corrected chi connectivity index (χ1v) is 3.83. The van der Waals surface area contributed by atoms with Gasteiger partial charge in [-0.3, -0.25) is 4.79 Å². The summed E-state index contributed by atoms with van der Waals surface area (Å²) in [7, 11) is 0. The summed E-state index contributed by atoms with van der Waals surface area (Å²) in [6, 6.07) is 3.05. The Morgan fingerprint density at radius 2 is 2.00 bits per heavy atom. The zero-order valence-corrected chi connectivity index (χ0v) is 7.41. The van der Waals surface area contributed by atoms with Crippen LogP contribution < -0.4 is 5.32 Å². The summed E-state index contributed by atoms with van der Waals surface area (Å²) >= 11 is 5.40. The van der Waals surface area contributed by atoms with Gasteiger partial charge in [-0.2, -0.15) is 13.2 Å². The molecule has 1 N–H and O–H groups in total. The van der Waals surface area contributed by atoms with Gasteiger partial charge in [-0.05, 0) is 18.2 Å². The van der Waals surface area contributed by atoms with Gasteiger partial charge in [0.15, 0.2) is 0 Å². The highest BCUT2D eigenvalue weighted by Gasteiger charge is 2.33. The number of rotatable bonds is 2. The normalized spacial score (nSPS) is 11.1. The lowest BCUT2D eigenvalue weighted by Crippen LogP contribution is -2.09. The molecule has 1 aromatic rings. The van der Waals surface area contributed by atoms with Crippen LogP contribution in [-0.2, 0) is 11.0 Å². The number of anilines is 1. The molecule has 0 saturated carbocycles. The van der Waals surface area contributed by atoms with Gasteiger partial charge in [0.25, 0.3) is 0 Å². The van der Waals surface area contributed by atoms with Crippen molar-refractivity contribution in [3.05, 3.63) is 28.8 Å². The summed E-state index contributed by atoms with van der Waals surface area (Å²) < 4.78 is 37.0. The van der Waals surface area contributed by atoms with Gasteiger partial charge in [0, 0.05) is 5.02 Å². The van der Waals surface area contributed by atoms with Crippen LogP contribution in [0.5, 0.6) is 0 Å². The van der Waals surface area contributed by atoms with Crippen LogP contribution in [0.3, 0.4) is 0 Å². The summed E-state index contributed by atoms with van der Waals surface area (Å²) in [5.41, 5.74) is -1.36. The van der Waals surface area contributed by atoms with Gasteiger partial charge in [-0.25, -0.2) is 0 Å². The van der Waals surface area contributed by atoms with Crippen LogP contribution in [0.1, 0.15) is 5.56 Å². The number of hydrogen-bond donors (Lipinski definition) is 1. The molecule has 0 unspecified atom stereocenters. The second kappa shape index (κ2) is 3.88. The maximum Gasteiger partial charge on any atom is 0.418 e. The molecule has 0 heterocycles. The van der Waals surface area contributed by atoms with E-state index in [-0.39, 0.29) is 10.7 Å². The van der Waals surface area contributed by atoms with Crippen LogP contribution in [-0.4, -0.2) is 6.41 Å². The van der Waals surface area contributed by atoms with Gasteiger partial charge < -0.3 is 5.32 Å². The molecule has 0 spiro atoms. The minimum absolute atomic E-state index is 0.0474. The van der Waals surface area contributed by atoms with Gasteiger partial charge >= 0.3 is 12.6 Å². The zero-order chi connectivity index (χ0) is 10.8. The van der Waals surface area contributed by atoms with Gasteiger partial charge in [0.05, 0.1) is 11.3 Å². The first kappa shape index (κ1) is 10.8. The smallest absolute Gasteiger partial charge is 0.317 e. The van der Waals surface area contributed by atoms with E-state index in [1.165, 1.54) is 12.5 Å². The fraction of sp³-hybridized carbons (Fsp3) is 0.125. The largest absolute Gasteiger partial charge is 0.418 e. The first-order chi connectivity index (χ1) is 6.45. The average Bonchev–Trinajstić information content (AvgIpc) is 2.07. The Hall–Kier alpha value is -1.23. The number of benzene rings is 1.